The predicted molar refractivity (Wildman–Crippen MR) is 136 cm³/mol. The van der Waals surface area contributed by atoms with Crippen LogP contribution in [0, 0.1) is 41.4 Å². The first-order chi connectivity index (χ1) is 16.8. The fourth-order valence-electron chi connectivity index (χ4n) is 7.37. The van der Waals surface area contributed by atoms with Crippen LogP contribution in [0.1, 0.15) is 65.2 Å². The molecule has 0 saturated heterocycles. The van der Waals surface area contributed by atoms with Crippen LogP contribution in [0.2, 0.25) is 0 Å². The number of hydrogen-bond donors (Lipinski definition) is 1. The van der Waals surface area contributed by atoms with Crippen LogP contribution in [0.5, 0.6) is 0 Å². The Bertz CT molecular complexity index is 1050. The summed E-state index contributed by atoms with van der Waals surface area (Å²) in [5.74, 6) is -2.02. The molecule has 7 unspecified atom stereocenters. The van der Waals surface area contributed by atoms with Crippen molar-refractivity contribution in [2.45, 2.75) is 71.3 Å². The summed E-state index contributed by atoms with van der Waals surface area (Å²) in [6, 6.07) is 0. The normalized spacial score (nSPS) is 35.1. The van der Waals surface area contributed by atoms with Gasteiger partial charge in [0.2, 0.25) is 11.6 Å². The van der Waals surface area contributed by atoms with Crippen LogP contribution in [0.15, 0.2) is 59.3 Å². The molecule has 0 aromatic rings. The van der Waals surface area contributed by atoms with E-state index in [0.29, 0.717) is 18.3 Å². The molecule has 0 radical (unpaired) electrons. The van der Waals surface area contributed by atoms with Crippen LogP contribution in [0.25, 0.3) is 0 Å². The van der Waals surface area contributed by atoms with E-state index in [0.717, 1.165) is 25.7 Å². The zero-order valence-electron chi connectivity index (χ0n) is 21.0. The molecule has 186 valence electrons. The molecule has 0 aromatic heterocycles. The number of Topliss-reactive ketones (excluding diaryl/α,β-unsaturated/α-hetero) is 3. The van der Waals surface area contributed by atoms with Crippen molar-refractivity contribution in [2.24, 2.45) is 41.4 Å². The lowest BCUT2D eigenvalue weighted by Crippen LogP contribution is -2.33. The van der Waals surface area contributed by atoms with Crippen LogP contribution in [0.4, 0.5) is 0 Å². The Hall–Kier alpha value is -2.33. The molecule has 2 fully saturated rings. The number of carbonyl (C=O) groups is 3. The fraction of sp³-hybridized carbons (Fsp3) is 0.581. The number of aliphatic hydroxyl groups excluding tert-OH is 1. The number of rotatable bonds is 8. The number of carbonyl (C=O) groups excluding carboxylic acids is 3. The highest BCUT2D eigenvalue weighted by Gasteiger charge is 2.51. The van der Waals surface area contributed by atoms with Crippen molar-refractivity contribution in [3.8, 4) is 0 Å². The van der Waals surface area contributed by atoms with Gasteiger partial charge in [0.1, 0.15) is 0 Å². The molecule has 5 rings (SSSR count). The molecule has 2 saturated carbocycles. The summed E-state index contributed by atoms with van der Waals surface area (Å²) in [6.07, 6.45) is 21.6. The Balaban J connectivity index is 1.38. The summed E-state index contributed by atoms with van der Waals surface area (Å²) in [4.78, 5) is 38.4. The average molecular weight is 475 g/mol. The van der Waals surface area contributed by atoms with Crippen LogP contribution in [-0.4, -0.2) is 28.6 Å². The van der Waals surface area contributed by atoms with E-state index in [1.165, 1.54) is 29.6 Å². The molecular weight excluding hydrogens is 436 g/mol. The van der Waals surface area contributed by atoms with E-state index in [1.807, 2.05) is 13.8 Å². The molecule has 0 aliphatic heterocycles. The maximum atomic E-state index is 13.0. The van der Waals surface area contributed by atoms with Crippen LogP contribution >= 0.6 is 0 Å². The lowest BCUT2D eigenvalue weighted by atomic mass is 9.69. The maximum absolute atomic E-state index is 13.0. The lowest BCUT2D eigenvalue weighted by Gasteiger charge is -2.36. The van der Waals surface area contributed by atoms with Gasteiger partial charge in [-0.3, -0.25) is 14.4 Å². The number of fused-ring (bicyclic) bond motifs is 1. The highest BCUT2D eigenvalue weighted by molar-refractivity contribution is 6.51. The minimum atomic E-state index is -0.982. The summed E-state index contributed by atoms with van der Waals surface area (Å²) in [5, 5.41) is 11.5. The van der Waals surface area contributed by atoms with Crippen molar-refractivity contribution in [3.05, 3.63) is 59.3 Å². The van der Waals surface area contributed by atoms with Gasteiger partial charge < -0.3 is 5.11 Å². The Morgan fingerprint density at radius 1 is 0.943 bits per heavy atom. The second-order valence-corrected chi connectivity index (χ2v) is 11.7. The van der Waals surface area contributed by atoms with E-state index in [1.54, 1.807) is 0 Å². The van der Waals surface area contributed by atoms with E-state index in [4.69, 9.17) is 0 Å². The van der Waals surface area contributed by atoms with Crippen molar-refractivity contribution >= 4 is 17.3 Å². The van der Waals surface area contributed by atoms with Crippen molar-refractivity contribution in [1.82, 2.24) is 0 Å². The van der Waals surface area contributed by atoms with Crippen molar-refractivity contribution in [1.29, 1.82) is 0 Å². The van der Waals surface area contributed by atoms with Gasteiger partial charge in [-0.15, -0.1) is 0 Å². The smallest absolute Gasteiger partial charge is 0.209 e. The monoisotopic (exact) mass is 474 g/mol. The fourth-order valence-corrected chi connectivity index (χ4v) is 7.37. The van der Waals surface area contributed by atoms with Gasteiger partial charge in [-0.05, 0) is 68.6 Å². The maximum Gasteiger partial charge on any atom is 0.209 e. The summed E-state index contributed by atoms with van der Waals surface area (Å²) in [6.45, 7) is 3.92. The first kappa shape index (κ1) is 24.4. The Kier molecular flexibility index (Phi) is 6.94. The quantitative estimate of drug-likeness (QED) is 0.287. The topological polar surface area (TPSA) is 71.4 Å². The average Bonchev–Trinajstić information content (AvgIpc) is 3.62. The van der Waals surface area contributed by atoms with Crippen molar-refractivity contribution < 1.29 is 19.5 Å². The summed E-state index contributed by atoms with van der Waals surface area (Å²) < 4.78 is 0. The zero-order chi connectivity index (χ0) is 24.7. The number of hydrogen-bond acceptors (Lipinski definition) is 4. The van der Waals surface area contributed by atoms with Gasteiger partial charge in [-0.1, -0.05) is 79.5 Å². The van der Waals surface area contributed by atoms with Gasteiger partial charge in [0.25, 0.3) is 0 Å². The highest BCUT2D eigenvalue weighted by atomic mass is 16.3. The zero-order valence-corrected chi connectivity index (χ0v) is 21.0. The molecule has 0 bridgehead atoms. The second-order valence-electron chi connectivity index (χ2n) is 11.7. The van der Waals surface area contributed by atoms with Crippen LogP contribution in [-0.2, 0) is 14.4 Å². The van der Waals surface area contributed by atoms with Gasteiger partial charge in [0, 0.05) is 5.92 Å². The number of ketones is 3. The second kappa shape index (κ2) is 9.97. The summed E-state index contributed by atoms with van der Waals surface area (Å²) in [7, 11) is 0. The predicted octanol–water partition coefficient (Wildman–Crippen LogP) is 5.49. The first-order valence-electron chi connectivity index (χ1n) is 13.6. The Morgan fingerprint density at radius 2 is 1.66 bits per heavy atom. The summed E-state index contributed by atoms with van der Waals surface area (Å²) >= 11 is 0. The van der Waals surface area contributed by atoms with Crippen LogP contribution < -0.4 is 0 Å². The summed E-state index contributed by atoms with van der Waals surface area (Å²) in [5.41, 5.74) is 4.31. The molecule has 0 amide bonds. The van der Waals surface area contributed by atoms with Crippen LogP contribution in [0.3, 0.4) is 0 Å². The molecule has 5 aliphatic rings. The minimum absolute atomic E-state index is 0.0656. The van der Waals surface area contributed by atoms with Gasteiger partial charge >= 0.3 is 0 Å². The minimum Gasteiger partial charge on any atom is -0.392 e. The molecular formula is C31H38O4. The molecule has 4 heteroatoms. The SMILES string of the molecule is CC(C)CC1C(=O)C(=O)C(CC(O)C2C=C3C(CC4=CC=CC4)CCCC3C2C2=CC=CC2)C1=O. The van der Waals surface area contributed by atoms with E-state index in [-0.39, 0.29) is 30.0 Å². The largest absolute Gasteiger partial charge is 0.392 e. The molecule has 0 aromatic carbocycles. The molecule has 5 aliphatic carbocycles. The van der Waals surface area contributed by atoms with Gasteiger partial charge in [0.15, 0.2) is 5.78 Å². The molecule has 0 heterocycles. The lowest BCUT2D eigenvalue weighted by molar-refractivity contribution is -0.137. The van der Waals surface area contributed by atoms with Crippen molar-refractivity contribution in [2.75, 3.05) is 0 Å². The van der Waals surface area contributed by atoms with Gasteiger partial charge in [-0.2, -0.15) is 0 Å². The third-order valence-corrected chi connectivity index (χ3v) is 8.98. The molecule has 4 nitrogen and oxygen atoms in total. The third-order valence-electron chi connectivity index (χ3n) is 8.98. The highest BCUT2D eigenvalue weighted by Crippen LogP contribution is 2.54. The Labute approximate surface area is 208 Å². The number of aliphatic hydroxyl groups is 1. The molecule has 1 N–H and O–H groups in total. The van der Waals surface area contributed by atoms with Crippen molar-refractivity contribution in [3.63, 3.8) is 0 Å². The third kappa shape index (κ3) is 4.62. The molecule has 7 atom stereocenters. The van der Waals surface area contributed by atoms with E-state index >= 15 is 0 Å². The van der Waals surface area contributed by atoms with Gasteiger partial charge in [0.05, 0.1) is 17.9 Å². The van der Waals surface area contributed by atoms with Gasteiger partial charge in [-0.25, -0.2) is 0 Å². The standard InChI is InChI=1S/C31H38O4/c1-18(2)14-25-29(33)26(31(35)30(25)34)17-27(32)24-16-23-21(15-19-8-3-4-9-19)12-7-13-22(23)28(24)20-10-5-6-11-20/h3-6,8,10,16,18,21-22,24-28,32H,7,9,11-15,17H2,1-2H3. The molecule has 0 spiro atoms. The van der Waals surface area contributed by atoms with E-state index in [9.17, 15) is 19.5 Å². The Morgan fingerprint density at radius 3 is 2.31 bits per heavy atom. The van der Waals surface area contributed by atoms with E-state index < -0.39 is 29.5 Å². The number of allylic oxidation sites excluding steroid dienone is 9. The first-order valence-corrected chi connectivity index (χ1v) is 13.6. The molecule has 35 heavy (non-hydrogen) atoms. The van der Waals surface area contributed by atoms with E-state index in [2.05, 4.69) is 42.5 Å².